The molecule has 23 heavy (non-hydrogen) atoms. The zero-order valence-corrected chi connectivity index (χ0v) is 14.1. The molecule has 2 amide bonds. The molecule has 1 aromatic carbocycles. The topological polar surface area (TPSA) is 81.4 Å². The second-order valence-electron chi connectivity index (χ2n) is 5.64. The van der Waals surface area contributed by atoms with Crippen molar-refractivity contribution < 1.29 is 14.3 Å². The van der Waals surface area contributed by atoms with Gasteiger partial charge >= 0.3 is 0 Å². The van der Waals surface area contributed by atoms with Crippen molar-refractivity contribution in [3.8, 4) is 16.2 Å². The standard InChI is InChI=1S/C17H18N2O3S/c1-8-6-12-10(7-13(8)22-3)4-5-11-14(16(18)21)17(19-9(2)20)23-15(11)12/h6-7H,4-5H2,1-3H3,(H2,18,21)(H,19,20). The largest absolute Gasteiger partial charge is 0.496 e. The van der Waals surface area contributed by atoms with E-state index in [1.165, 1.54) is 23.8 Å². The summed E-state index contributed by atoms with van der Waals surface area (Å²) in [5.74, 6) is 0.151. The van der Waals surface area contributed by atoms with Crippen LogP contribution in [-0.4, -0.2) is 18.9 Å². The number of hydrogen-bond donors (Lipinski definition) is 2. The molecular formula is C17H18N2O3S. The van der Waals surface area contributed by atoms with Crippen molar-refractivity contribution in [2.75, 3.05) is 12.4 Å². The first-order chi connectivity index (χ1) is 10.9. The van der Waals surface area contributed by atoms with E-state index in [4.69, 9.17) is 10.5 Å². The van der Waals surface area contributed by atoms with Crippen LogP contribution in [0.3, 0.4) is 0 Å². The smallest absolute Gasteiger partial charge is 0.252 e. The number of hydrogen-bond acceptors (Lipinski definition) is 4. The third kappa shape index (κ3) is 2.59. The second-order valence-corrected chi connectivity index (χ2v) is 6.66. The maximum atomic E-state index is 11.9. The quantitative estimate of drug-likeness (QED) is 0.908. The van der Waals surface area contributed by atoms with Gasteiger partial charge in [-0.1, -0.05) is 0 Å². The Kier molecular flexibility index (Phi) is 3.85. The van der Waals surface area contributed by atoms with Crippen molar-refractivity contribution in [1.29, 1.82) is 0 Å². The molecule has 1 aromatic heterocycles. The number of methoxy groups -OCH3 is 1. The number of rotatable bonds is 3. The van der Waals surface area contributed by atoms with Gasteiger partial charge in [0.15, 0.2) is 0 Å². The van der Waals surface area contributed by atoms with Gasteiger partial charge in [0.2, 0.25) is 5.91 Å². The molecule has 1 aliphatic carbocycles. The van der Waals surface area contributed by atoms with Crippen LogP contribution in [0.2, 0.25) is 0 Å². The highest BCUT2D eigenvalue weighted by atomic mass is 32.1. The summed E-state index contributed by atoms with van der Waals surface area (Å²) < 4.78 is 5.39. The molecule has 0 radical (unpaired) electrons. The number of primary amides is 1. The van der Waals surface area contributed by atoms with Crippen LogP contribution in [0.4, 0.5) is 5.00 Å². The summed E-state index contributed by atoms with van der Waals surface area (Å²) in [6.45, 7) is 3.41. The van der Waals surface area contributed by atoms with Crippen LogP contribution in [0.1, 0.15) is 34.0 Å². The fraction of sp³-hybridized carbons (Fsp3) is 0.294. The van der Waals surface area contributed by atoms with Crippen LogP contribution in [0.15, 0.2) is 12.1 Å². The molecule has 5 nitrogen and oxygen atoms in total. The van der Waals surface area contributed by atoms with E-state index in [2.05, 4.69) is 17.4 Å². The third-order valence-electron chi connectivity index (χ3n) is 4.05. The summed E-state index contributed by atoms with van der Waals surface area (Å²) in [5.41, 5.74) is 10.2. The minimum Gasteiger partial charge on any atom is -0.496 e. The molecule has 0 atom stereocenters. The Hall–Kier alpha value is -2.34. The van der Waals surface area contributed by atoms with Gasteiger partial charge in [-0.2, -0.15) is 0 Å². The highest BCUT2D eigenvalue weighted by Gasteiger charge is 2.28. The zero-order chi connectivity index (χ0) is 16.7. The van der Waals surface area contributed by atoms with Gasteiger partial charge in [0.05, 0.1) is 12.7 Å². The van der Waals surface area contributed by atoms with Crippen LogP contribution < -0.4 is 15.8 Å². The summed E-state index contributed by atoms with van der Waals surface area (Å²) in [4.78, 5) is 24.3. The summed E-state index contributed by atoms with van der Waals surface area (Å²) in [6, 6.07) is 4.13. The SMILES string of the molecule is COc1cc2c(cc1C)-c1sc(NC(C)=O)c(C(N)=O)c1CC2. The molecule has 3 rings (SSSR count). The molecule has 1 heterocycles. The molecule has 0 aliphatic heterocycles. The fourth-order valence-corrected chi connectivity index (χ4v) is 4.41. The van der Waals surface area contributed by atoms with Gasteiger partial charge in [-0.3, -0.25) is 9.59 Å². The van der Waals surface area contributed by atoms with Gasteiger partial charge in [-0.05, 0) is 54.2 Å². The van der Waals surface area contributed by atoms with Gasteiger partial charge in [0.25, 0.3) is 5.91 Å². The number of carbonyl (C=O) groups excluding carboxylic acids is 2. The number of benzene rings is 1. The summed E-state index contributed by atoms with van der Waals surface area (Å²) in [7, 11) is 1.66. The monoisotopic (exact) mass is 330 g/mol. The lowest BCUT2D eigenvalue weighted by Gasteiger charge is -2.19. The van der Waals surface area contributed by atoms with Crippen LogP contribution >= 0.6 is 11.3 Å². The van der Waals surface area contributed by atoms with E-state index in [9.17, 15) is 9.59 Å². The Bertz CT molecular complexity index is 824. The summed E-state index contributed by atoms with van der Waals surface area (Å²) in [6.07, 6.45) is 1.54. The molecule has 6 heteroatoms. The predicted molar refractivity (Wildman–Crippen MR) is 91.3 cm³/mol. The Morgan fingerprint density at radius 3 is 2.65 bits per heavy atom. The van der Waals surface area contributed by atoms with E-state index >= 15 is 0 Å². The third-order valence-corrected chi connectivity index (χ3v) is 5.23. The van der Waals surface area contributed by atoms with E-state index in [1.807, 2.05) is 6.92 Å². The average molecular weight is 330 g/mol. The van der Waals surface area contributed by atoms with E-state index in [-0.39, 0.29) is 5.91 Å². The fourth-order valence-electron chi connectivity index (χ4n) is 3.06. The van der Waals surface area contributed by atoms with Crippen molar-refractivity contribution in [1.82, 2.24) is 0 Å². The van der Waals surface area contributed by atoms with E-state index in [0.29, 0.717) is 10.6 Å². The van der Waals surface area contributed by atoms with E-state index in [0.717, 1.165) is 40.2 Å². The number of amides is 2. The van der Waals surface area contributed by atoms with E-state index < -0.39 is 5.91 Å². The highest BCUT2D eigenvalue weighted by molar-refractivity contribution is 7.20. The normalized spacial score (nSPS) is 12.3. The number of ether oxygens (including phenoxy) is 1. The van der Waals surface area contributed by atoms with Gasteiger partial charge in [-0.15, -0.1) is 11.3 Å². The van der Waals surface area contributed by atoms with Crippen LogP contribution in [0.25, 0.3) is 10.4 Å². The summed E-state index contributed by atoms with van der Waals surface area (Å²) >= 11 is 1.41. The lowest BCUT2D eigenvalue weighted by atomic mass is 9.88. The molecule has 0 bridgehead atoms. The second kappa shape index (κ2) is 5.70. The van der Waals surface area contributed by atoms with Crippen LogP contribution in [0.5, 0.6) is 5.75 Å². The number of thiophene rings is 1. The first-order valence-corrected chi connectivity index (χ1v) is 8.15. The van der Waals surface area contributed by atoms with Gasteiger partial charge in [-0.25, -0.2) is 0 Å². The van der Waals surface area contributed by atoms with Gasteiger partial charge in [0, 0.05) is 11.8 Å². The predicted octanol–water partition coefficient (Wildman–Crippen LogP) is 2.89. The molecule has 3 N–H and O–H groups in total. The lowest BCUT2D eigenvalue weighted by Crippen LogP contribution is -2.17. The minimum atomic E-state index is -0.500. The Labute approximate surface area is 138 Å². The number of aryl methyl sites for hydroxylation is 2. The Morgan fingerprint density at radius 2 is 2.04 bits per heavy atom. The van der Waals surface area contributed by atoms with E-state index in [1.54, 1.807) is 7.11 Å². The van der Waals surface area contributed by atoms with Crippen molar-refractivity contribution in [3.63, 3.8) is 0 Å². The molecule has 0 saturated heterocycles. The molecule has 0 unspecified atom stereocenters. The molecule has 1 aliphatic rings. The number of anilines is 1. The molecule has 0 saturated carbocycles. The van der Waals surface area contributed by atoms with Gasteiger partial charge < -0.3 is 15.8 Å². The number of nitrogens with one attached hydrogen (secondary N) is 1. The minimum absolute atomic E-state index is 0.211. The molecule has 120 valence electrons. The molecule has 2 aromatic rings. The lowest BCUT2D eigenvalue weighted by molar-refractivity contribution is -0.114. The zero-order valence-electron chi connectivity index (χ0n) is 13.3. The van der Waals surface area contributed by atoms with Gasteiger partial charge in [0.1, 0.15) is 10.8 Å². The molecule has 0 fully saturated rings. The highest BCUT2D eigenvalue weighted by Crippen LogP contribution is 2.46. The first kappa shape index (κ1) is 15.6. The molecule has 0 spiro atoms. The maximum Gasteiger partial charge on any atom is 0.252 e. The number of fused-ring (bicyclic) bond motifs is 3. The average Bonchev–Trinajstić information content (AvgIpc) is 2.84. The first-order valence-electron chi connectivity index (χ1n) is 7.33. The molecular weight excluding hydrogens is 312 g/mol. The van der Waals surface area contributed by atoms with Crippen molar-refractivity contribution in [2.24, 2.45) is 5.73 Å². The summed E-state index contributed by atoms with van der Waals surface area (Å²) in [5, 5.41) is 3.27. The number of nitrogens with two attached hydrogens (primary N) is 1. The number of carbonyl (C=O) groups is 2. The maximum absolute atomic E-state index is 11.9. The van der Waals surface area contributed by atoms with Crippen LogP contribution in [-0.2, 0) is 17.6 Å². The van der Waals surface area contributed by atoms with Crippen molar-refractivity contribution in [3.05, 3.63) is 34.4 Å². The van der Waals surface area contributed by atoms with Crippen molar-refractivity contribution >= 4 is 28.2 Å². The Morgan fingerprint density at radius 1 is 1.30 bits per heavy atom. The van der Waals surface area contributed by atoms with Crippen LogP contribution in [0, 0.1) is 6.92 Å². The Balaban J connectivity index is 2.21. The van der Waals surface area contributed by atoms with Crippen molar-refractivity contribution in [2.45, 2.75) is 26.7 Å².